The van der Waals surface area contributed by atoms with E-state index >= 15 is 0 Å². The third-order valence-electron chi connectivity index (χ3n) is 5.29. The molecule has 0 saturated heterocycles. The lowest BCUT2D eigenvalue weighted by Crippen LogP contribution is -2.27. The van der Waals surface area contributed by atoms with Crippen LogP contribution in [0.1, 0.15) is 10.4 Å². The van der Waals surface area contributed by atoms with Gasteiger partial charge in [0.2, 0.25) is 0 Å². The lowest BCUT2D eigenvalue weighted by Gasteiger charge is -2.15. The molecule has 0 atom stereocenters. The zero-order chi connectivity index (χ0) is 26.2. The molecule has 0 aliphatic rings. The van der Waals surface area contributed by atoms with Gasteiger partial charge in [-0.1, -0.05) is 17.7 Å². The van der Waals surface area contributed by atoms with Crippen molar-refractivity contribution in [3.05, 3.63) is 99.9 Å². The number of hydrogen-bond acceptors (Lipinski definition) is 7. The van der Waals surface area contributed by atoms with Gasteiger partial charge in [-0.3, -0.25) is 9.59 Å². The van der Waals surface area contributed by atoms with Crippen molar-refractivity contribution in [2.24, 2.45) is 0 Å². The number of halogens is 1. The minimum Gasteiger partial charge on any atom is -0.497 e. The van der Waals surface area contributed by atoms with Crippen LogP contribution in [-0.2, 0) is 4.74 Å². The maximum absolute atomic E-state index is 13.6. The van der Waals surface area contributed by atoms with Crippen molar-refractivity contribution in [2.75, 3.05) is 32.7 Å². The SMILES string of the molecule is COCCNC(=O)c1cccc(Nc2c(Oc3ccc(OC)cc3)cnn(-c3ccc(Cl)cc3)c2=O)c1. The van der Waals surface area contributed by atoms with Gasteiger partial charge in [-0.25, -0.2) is 0 Å². The van der Waals surface area contributed by atoms with Gasteiger partial charge in [-0.05, 0) is 66.7 Å². The van der Waals surface area contributed by atoms with Crippen LogP contribution in [-0.4, -0.2) is 43.1 Å². The summed E-state index contributed by atoms with van der Waals surface area (Å²) < 4.78 is 17.4. The quantitative estimate of drug-likeness (QED) is 0.289. The minimum absolute atomic E-state index is 0.137. The number of carbonyl (C=O) groups excluding carboxylic acids is 1. The molecule has 0 radical (unpaired) electrons. The van der Waals surface area contributed by atoms with E-state index in [2.05, 4.69) is 15.7 Å². The van der Waals surface area contributed by atoms with E-state index in [0.29, 0.717) is 46.6 Å². The number of aromatic nitrogens is 2. The molecular weight excluding hydrogens is 496 g/mol. The molecule has 10 heteroatoms. The van der Waals surface area contributed by atoms with E-state index < -0.39 is 5.56 Å². The smallest absolute Gasteiger partial charge is 0.299 e. The van der Waals surface area contributed by atoms with E-state index in [1.54, 1.807) is 87.0 Å². The number of anilines is 2. The summed E-state index contributed by atoms with van der Waals surface area (Å²) in [6.45, 7) is 0.778. The Morgan fingerprint density at radius 3 is 2.43 bits per heavy atom. The van der Waals surface area contributed by atoms with E-state index in [4.69, 9.17) is 25.8 Å². The molecule has 4 rings (SSSR count). The zero-order valence-corrected chi connectivity index (χ0v) is 21.0. The summed E-state index contributed by atoms with van der Waals surface area (Å²) in [5, 5.41) is 10.7. The number of methoxy groups -OCH3 is 2. The summed E-state index contributed by atoms with van der Waals surface area (Å²) in [5.74, 6) is 1.10. The highest BCUT2D eigenvalue weighted by Gasteiger charge is 2.16. The van der Waals surface area contributed by atoms with Crippen LogP contribution in [0.25, 0.3) is 5.69 Å². The summed E-state index contributed by atoms with van der Waals surface area (Å²) in [4.78, 5) is 26.1. The topological polar surface area (TPSA) is 104 Å². The van der Waals surface area contributed by atoms with Crippen LogP contribution in [0.5, 0.6) is 17.2 Å². The molecule has 190 valence electrons. The number of carbonyl (C=O) groups is 1. The van der Waals surface area contributed by atoms with Gasteiger partial charge < -0.3 is 24.8 Å². The molecule has 1 heterocycles. The van der Waals surface area contributed by atoms with Gasteiger partial charge in [0.25, 0.3) is 11.5 Å². The normalized spacial score (nSPS) is 10.6. The first-order valence-corrected chi connectivity index (χ1v) is 11.7. The largest absolute Gasteiger partial charge is 0.497 e. The predicted octanol–water partition coefficient (Wildman–Crippen LogP) is 4.81. The number of benzene rings is 3. The number of nitrogens with zero attached hydrogens (tertiary/aromatic N) is 2. The first-order chi connectivity index (χ1) is 18.0. The Balaban J connectivity index is 1.70. The van der Waals surface area contributed by atoms with Crippen LogP contribution in [0.3, 0.4) is 0 Å². The first-order valence-electron chi connectivity index (χ1n) is 11.3. The molecule has 1 aromatic heterocycles. The van der Waals surface area contributed by atoms with Gasteiger partial charge in [0.1, 0.15) is 11.5 Å². The molecule has 0 fully saturated rings. The van der Waals surface area contributed by atoms with Crippen LogP contribution in [0.15, 0.2) is 83.8 Å². The van der Waals surface area contributed by atoms with Crippen molar-refractivity contribution in [3.63, 3.8) is 0 Å². The Bertz CT molecular complexity index is 1420. The van der Waals surface area contributed by atoms with Crippen molar-refractivity contribution < 1.29 is 19.0 Å². The van der Waals surface area contributed by atoms with Crippen LogP contribution in [0.4, 0.5) is 11.4 Å². The van der Waals surface area contributed by atoms with Crippen molar-refractivity contribution >= 4 is 28.9 Å². The van der Waals surface area contributed by atoms with E-state index in [0.717, 1.165) is 0 Å². The van der Waals surface area contributed by atoms with E-state index in [1.807, 2.05) is 0 Å². The number of hydrogen-bond donors (Lipinski definition) is 2. The minimum atomic E-state index is -0.455. The van der Waals surface area contributed by atoms with Crippen LogP contribution in [0.2, 0.25) is 5.02 Å². The average Bonchev–Trinajstić information content (AvgIpc) is 2.92. The molecule has 4 aromatic rings. The number of nitrogens with one attached hydrogen (secondary N) is 2. The van der Waals surface area contributed by atoms with E-state index in [-0.39, 0.29) is 17.3 Å². The second-order valence-corrected chi connectivity index (χ2v) is 8.25. The first kappa shape index (κ1) is 25.7. The molecular formula is C27H25ClN4O5. The molecule has 0 aliphatic heterocycles. The van der Waals surface area contributed by atoms with E-state index in [9.17, 15) is 9.59 Å². The molecule has 0 spiro atoms. The van der Waals surface area contributed by atoms with Crippen LogP contribution < -0.4 is 25.7 Å². The molecule has 0 aliphatic carbocycles. The summed E-state index contributed by atoms with van der Waals surface area (Å²) in [6.07, 6.45) is 1.45. The summed E-state index contributed by atoms with van der Waals surface area (Å²) >= 11 is 6.01. The molecule has 0 unspecified atom stereocenters. The molecule has 1 amide bonds. The Labute approximate surface area is 218 Å². The summed E-state index contributed by atoms with van der Waals surface area (Å²) in [6, 6.07) is 20.4. The van der Waals surface area contributed by atoms with Gasteiger partial charge >= 0.3 is 0 Å². The van der Waals surface area contributed by atoms with Gasteiger partial charge in [-0.15, -0.1) is 0 Å². The second kappa shape index (κ2) is 12.1. The maximum atomic E-state index is 13.6. The number of ether oxygens (including phenoxy) is 3. The van der Waals surface area contributed by atoms with E-state index in [1.165, 1.54) is 10.9 Å². The third-order valence-corrected chi connectivity index (χ3v) is 5.54. The molecule has 0 saturated carbocycles. The Morgan fingerprint density at radius 1 is 1.00 bits per heavy atom. The van der Waals surface area contributed by atoms with Crippen LogP contribution in [0, 0.1) is 0 Å². The molecule has 37 heavy (non-hydrogen) atoms. The van der Waals surface area contributed by atoms with Crippen molar-refractivity contribution in [1.29, 1.82) is 0 Å². The monoisotopic (exact) mass is 520 g/mol. The summed E-state index contributed by atoms with van der Waals surface area (Å²) in [7, 11) is 3.14. The van der Waals surface area contributed by atoms with Gasteiger partial charge in [0, 0.05) is 29.9 Å². The lowest BCUT2D eigenvalue weighted by molar-refractivity contribution is 0.0937. The highest BCUT2D eigenvalue weighted by Crippen LogP contribution is 2.30. The van der Waals surface area contributed by atoms with Crippen molar-refractivity contribution in [1.82, 2.24) is 15.1 Å². The summed E-state index contributed by atoms with van der Waals surface area (Å²) in [5.41, 5.74) is 1.15. The van der Waals surface area contributed by atoms with Gasteiger partial charge in [0.15, 0.2) is 11.4 Å². The van der Waals surface area contributed by atoms with Gasteiger partial charge in [0.05, 0.1) is 25.6 Å². The maximum Gasteiger partial charge on any atom is 0.299 e. The lowest BCUT2D eigenvalue weighted by atomic mass is 10.2. The molecule has 3 aromatic carbocycles. The molecule has 2 N–H and O–H groups in total. The average molecular weight is 521 g/mol. The van der Waals surface area contributed by atoms with Crippen molar-refractivity contribution in [3.8, 4) is 22.9 Å². The fourth-order valence-corrected chi connectivity index (χ4v) is 3.55. The number of amides is 1. The standard InChI is InChI=1S/C27H25ClN4O5/c1-35-15-14-29-26(33)18-4-3-5-20(16-18)31-25-24(37-23-12-10-22(36-2)11-13-23)17-30-32(27(25)34)21-8-6-19(28)7-9-21/h3-13,16-17,31H,14-15H2,1-2H3,(H,29,33). The second-order valence-electron chi connectivity index (χ2n) is 7.81. The van der Waals surface area contributed by atoms with Gasteiger partial charge in [-0.2, -0.15) is 9.78 Å². The van der Waals surface area contributed by atoms with Crippen molar-refractivity contribution in [2.45, 2.75) is 0 Å². The number of rotatable bonds is 10. The molecule has 0 bridgehead atoms. The Hall–Kier alpha value is -4.34. The Morgan fingerprint density at radius 2 is 1.73 bits per heavy atom. The Kier molecular flexibility index (Phi) is 8.40. The zero-order valence-electron chi connectivity index (χ0n) is 20.2. The highest BCUT2D eigenvalue weighted by molar-refractivity contribution is 6.30. The molecule has 9 nitrogen and oxygen atoms in total. The highest BCUT2D eigenvalue weighted by atomic mass is 35.5. The van der Waals surface area contributed by atoms with Crippen LogP contribution >= 0.6 is 11.6 Å². The fourth-order valence-electron chi connectivity index (χ4n) is 3.42. The fraction of sp³-hybridized carbons (Fsp3) is 0.148. The third kappa shape index (κ3) is 6.46. The predicted molar refractivity (Wildman–Crippen MR) is 142 cm³/mol.